The van der Waals surface area contributed by atoms with Crippen LogP contribution in [0.3, 0.4) is 0 Å². The molecular weight excluding hydrogens is 518 g/mol. The molecule has 0 unspecified atom stereocenters. The van der Waals surface area contributed by atoms with Gasteiger partial charge in [0.2, 0.25) is 10.0 Å². The molecule has 2 heterocycles. The smallest absolute Gasteiger partial charge is 0.259 e. The maximum Gasteiger partial charge on any atom is 0.259 e. The van der Waals surface area contributed by atoms with Gasteiger partial charge in [0.15, 0.2) is 17.2 Å². The van der Waals surface area contributed by atoms with E-state index in [1.54, 1.807) is 30.3 Å². The summed E-state index contributed by atoms with van der Waals surface area (Å²) in [5.74, 6) is 0.370. The molecule has 10 nitrogen and oxygen atoms in total. The Balaban J connectivity index is 1.52. The highest BCUT2D eigenvalue weighted by Gasteiger charge is 2.30. The first-order valence-electron chi connectivity index (χ1n) is 12.0. The maximum atomic E-state index is 13.4. The molecule has 1 aromatic heterocycles. The van der Waals surface area contributed by atoms with Gasteiger partial charge in [0.05, 0.1) is 11.3 Å². The quantitative estimate of drug-likeness (QED) is 0.328. The Labute approximate surface area is 224 Å². The second-order valence-corrected chi connectivity index (χ2v) is 11.3. The Morgan fingerprint density at radius 2 is 1.56 bits per heavy atom. The maximum absolute atomic E-state index is 13.4. The van der Waals surface area contributed by atoms with Gasteiger partial charge in [-0.2, -0.15) is 0 Å². The fourth-order valence-corrected chi connectivity index (χ4v) is 5.22. The Bertz CT molecular complexity index is 1850. The monoisotopic (exact) mass is 541 g/mol. The summed E-state index contributed by atoms with van der Waals surface area (Å²) in [6.45, 7) is 1.92. The summed E-state index contributed by atoms with van der Waals surface area (Å²) < 4.78 is 40.2. The third-order valence-corrected chi connectivity index (χ3v) is 8.08. The number of hydrogen-bond donors (Lipinski definition) is 1. The van der Waals surface area contributed by atoms with E-state index in [2.05, 4.69) is 15.5 Å². The zero-order chi connectivity index (χ0) is 27.3. The minimum Gasteiger partial charge on any atom is -0.454 e. The average molecular weight is 542 g/mol. The molecule has 1 amide bonds. The van der Waals surface area contributed by atoms with Gasteiger partial charge in [-0.3, -0.25) is 4.79 Å². The van der Waals surface area contributed by atoms with Gasteiger partial charge < -0.3 is 14.8 Å². The number of carbonyl (C=O) groups is 1. The van der Waals surface area contributed by atoms with E-state index in [4.69, 9.17) is 9.47 Å². The van der Waals surface area contributed by atoms with Crippen LogP contribution in [-0.2, 0) is 10.0 Å². The van der Waals surface area contributed by atoms with Crippen molar-refractivity contribution in [2.45, 2.75) is 11.8 Å². The summed E-state index contributed by atoms with van der Waals surface area (Å²) in [5.41, 5.74) is 3.36. The Morgan fingerprint density at radius 1 is 0.872 bits per heavy atom. The molecule has 11 heteroatoms. The number of benzene rings is 4. The topological polar surface area (TPSA) is 116 Å². The first-order chi connectivity index (χ1) is 18.7. The molecule has 0 saturated carbocycles. The highest BCUT2D eigenvalue weighted by Crippen LogP contribution is 2.42. The number of nitrogens with zero attached hydrogens (tertiary/aromatic N) is 4. The number of anilines is 1. The number of carbonyl (C=O) groups excluding carboxylic acids is 1. The van der Waals surface area contributed by atoms with Gasteiger partial charge in [-0.1, -0.05) is 30.3 Å². The number of sulfonamides is 1. The van der Waals surface area contributed by atoms with Crippen LogP contribution in [0.2, 0.25) is 0 Å². The molecule has 6 rings (SSSR count). The van der Waals surface area contributed by atoms with E-state index in [1.165, 1.54) is 31.0 Å². The van der Waals surface area contributed by atoms with Crippen molar-refractivity contribution in [3.63, 3.8) is 0 Å². The molecule has 0 fully saturated rings. The minimum atomic E-state index is -4.04. The summed E-state index contributed by atoms with van der Waals surface area (Å²) in [7, 11) is -1.21. The molecule has 0 saturated heterocycles. The van der Waals surface area contributed by atoms with Gasteiger partial charge in [0.25, 0.3) is 5.91 Å². The normalized spacial score (nSPS) is 12.9. The Hall–Kier alpha value is -4.74. The van der Waals surface area contributed by atoms with Crippen LogP contribution >= 0.6 is 0 Å². The van der Waals surface area contributed by atoms with E-state index < -0.39 is 15.9 Å². The van der Waals surface area contributed by atoms with E-state index in [-0.39, 0.29) is 22.0 Å². The molecule has 196 valence electrons. The number of aryl methyl sites for hydroxylation is 1. The lowest BCUT2D eigenvalue weighted by molar-refractivity contribution is 0.102. The van der Waals surface area contributed by atoms with Crippen LogP contribution in [0.4, 0.5) is 5.69 Å². The molecule has 0 aliphatic carbocycles. The standard InChI is InChI=1S/C28H23N5O5S/c1-17-12-13-24(22(14-17)33-30-19-8-4-5-9-20(19)31-33)38-26-16-25-18(15-27(26)39(35,36)32(2)3)28(34)29-21-10-6-7-11-23(21)37-25/h4-16H,1-3H3,(H,29,34). The van der Waals surface area contributed by atoms with Crippen molar-refractivity contribution < 1.29 is 22.7 Å². The molecule has 1 N–H and O–H groups in total. The van der Waals surface area contributed by atoms with E-state index in [1.807, 2.05) is 43.3 Å². The first-order valence-corrected chi connectivity index (χ1v) is 13.4. The number of para-hydroxylation sites is 2. The highest BCUT2D eigenvalue weighted by molar-refractivity contribution is 7.89. The summed E-state index contributed by atoms with van der Waals surface area (Å²) in [6.07, 6.45) is 0. The zero-order valence-corrected chi connectivity index (χ0v) is 22.1. The van der Waals surface area contributed by atoms with Crippen molar-refractivity contribution in [3.05, 3.63) is 90.0 Å². The van der Waals surface area contributed by atoms with Gasteiger partial charge >= 0.3 is 0 Å². The fraction of sp³-hybridized carbons (Fsp3) is 0.107. The lowest BCUT2D eigenvalue weighted by atomic mass is 10.1. The largest absolute Gasteiger partial charge is 0.454 e. The summed E-state index contributed by atoms with van der Waals surface area (Å²) >= 11 is 0. The van der Waals surface area contributed by atoms with Crippen LogP contribution in [-0.4, -0.2) is 47.7 Å². The van der Waals surface area contributed by atoms with Crippen LogP contribution < -0.4 is 14.8 Å². The highest BCUT2D eigenvalue weighted by atomic mass is 32.2. The number of nitrogens with one attached hydrogen (secondary N) is 1. The SMILES string of the molecule is Cc1ccc(Oc2cc3c(cc2S(=O)(=O)N(C)C)C(=O)Nc2ccccc2O3)c(-n2nc3ccccc3n2)c1. The molecule has 1 aliphatic heterocycles. The van der Waals surface area contributed by atoms with Crippen molar-refractivity contribution in [1.82, 2.24) is 19.3 Å². The van der Waals surface area contributed by atoms with Gasteiger partial charge in [0, 0.05) is 20.2 Å². The average Bonchev–Trinajstić information content (AvgIpc) is 3.29. The third-order valence-electron chi connectivity index (χ3n) is 6.24. The number of amides is 1. The molecule has 1 aliphatic rings. The number of ether oxygens (including phenoxy) is 2. The van der Waals surface area contributed by atoms with Crippen LogP contribution in [0, 0.1) is 6.92 Å². The predicted octanol–water partition coefficient (Wildman–Crippen LogP) is 5.13. The molecular formula is C28H23N5O5S. The van der Waals surface area contributed by atoms with Crippen molar-refractivity contribution in [3.8, 4) is 28.7 Å². The van der Waals surface area contributed by atoms with Crippen LogP contribution in [0.15, 0.2) is 83.8 Å². The molecule has 0 atom stereocenters. The van der Waals surface area contributed by atoms with Gasteiger partial charge in [-0.25, -0.2) is 12.7 Å². The van der Waals surface area contributed by atoms with E-state index in [0.717, 1.165) is 9.87 Å². The van der Waals surface area contributed by atoms with E-state index >= 15 is 0 Å². The van der Waals surface area contributed by atoms with E-state index in [0.29, 0.717) is 33.9 Å². The van der Waals surface area contributed by atoms with Crippen LogP contribution in [0.5, 0.6) is 23.0 Å². The van der Waals surface area contributed by atoms with Crippen molar-refractivity contribution in [2.75, 3.05) is 19.4 Å². The molecule has 4 aromatic carbocycles. The summed E-state index contributed by atoms with van der Waals surface area (Å²) in [6, 6.07) is 22.5. The number of hydrogen-bond acceptors (Lipinski definition) is 7. The molecule has 39 heavy (non-hydrogen) atoms. The lowest BCUT2D eigenvalue weighted by Gasteiger charge is -2.19. The van der Waals surface area contributed by atoms with Crippen molar-refractivity contribution >= 4 is 32.7 Å². The molecule has 0 bridgehead atoms. The van der Waals surface area contributed by atoms with Crippen LogP contribution in [0.25, 0.3) is 16.7 Å². The number of fused-ring (bicyclic) bond motifs is 3. The number of rotatable bonds is 5. The predicted molar refractivity (Wildman–Crippen MR) is 145 cm³/mol. The fourth-order valence-electron chi connectivity index (χ4n) is 4.20. The van der Waals surface area contributed by atoms with Crippen molar-refractivity contribution in [1.29, 1.82) is 0 Å². The third kappa shape index (κ3) is 4.37. The van der Waals surface area contributed by atoms with Gasteiger partial charge in [0.1, 0.15) is 27.4 Å². The van der Waals surface area contributed by atoms with Gasteiger partial charge in [-0.05, 0) is 55.0 Å². The van der Waals surface area contributed by atoms with E-state index in [9.17, 15) is 13.2 Å². The summed E-state index contributed by atoms with van der Waals surface area (Å²) in [5, 5.41) is 11.9. The van der Waals surface area contributed by atoms with Crippen LogP contribution in [0.1, 0.15) is 15.9 Å². The van der Waals surface area contributed by atoms with Crippen molar-refractivity contribution in [2.24, 2.45) is 0 Å². The Morgan fingerprint density at radius 3 is 2.28 bits per heavy atom. The molecule has 5 aromatic rings. The second-order valence-electron chi connectivity index (χ2n) is 9.19. The van der Waals surface area contributed by atoms with Gasteiger partial charge in [-0.15, -0.1) is 15.0 Å². The molecule has 0 radical (unpaired) electrons. The Kier molecular flexibility index (Phi) is 5.82. The second kappa shape index (κ2) is 9.22. The zero-order valence-electron chi connectivity index (χ0n) is 21.2. The minimum absolute atomic E-state index is 0.0172. The number of aromatic nitrogens is 3. The lowest BCUT2D eigenvalue weighted by Crippen LogP contribution is -2.23. The summed E-state index contributed by atoms with van der Waals surface area (Å²) in [4.78, 5) is 14.4. The molecule has 0 spiro atoms. The first kappa shape index (κ1) is 24.6.